The summed E-state index contributed by atoms with van der Waals surface area (Å²) in [5.41, 5.74) is 0. The van der Waals surface area contributed by atoms with E-state index in [1.807, 2.05) is 41.7 Å². The van der Waals surface area contributed by atoms with Gasteiger partial charge < -0.3 is 33.5 Å². The first-order valence-electron chi connectivity index (χ1n) is 16.3. The van der Waals surface area contributed by atoms with Crippen molar-refractivity contribution in [3.8, 4) is 0 Å². The molecule has 7 atom stereocenters. The third-order valence-electron chi connectivity index (χ3n) is 6.90. The first kappa shape index (κ1) is 46.1. The molecule has 15 nitrogen and oxygen atoms in total. The molecule has 0 radical (unpaired) electrons. The smallest absolute Gasteiger partial charge is 0.373 e. The van der Waals surface area contributed by atoms with Crippen LogP contribution in [0, 0.1) is 0 Å². The molecule has 0 amide bonds. The molecule has 0 aromatic carbocycles. The van der Waals surface area contributed by atoms with Crippen molar-refractivity contribution >= 4 is 23.4 Å². The standard InChI is InChI=1S/C15H33N4O6P2.C9H21N2O3P.2C2H6/c1-13-8-16-9-14(25-13)12-24-27(21,18(4)5)19-6-7-22-15(10-19)11-23-26(20)17(2)3;1-10(2)15(4,12)14-8-9-7-11(3)5-6-13-9;2*1-2/h13-16H,6-12H2,1-5H3;9H,5-8H2,1-4H3;2*1-2H3/q+1;;;/t13-,14-,15-,27?;9-,15?;;/m00../s1. The van der Waals surface area contributed by atoms with Crippen LogP contribution in [0.2, 0.25) is 0 Å². The molecular weight excluding hydrogens is 657 g/mol. The summed E-state index contributed by atoms with van der Waals surface area (Å²) in [6, 6.07) is 0. The van der Waals surface area contributed by atoms with Crippen LogP contribution >= 0.6 is 23.4 Å². The Morgan fingerprint density at radius 1 is 0.826 bits per heavy atom. The lowest BCUT2D eigenvalue weighted by atomic mass is 10.3. The van der Waals surface area contributed by atoms with Gasteiger partial charge in [-0.2, -0.15) is 0 Å². The quantitative estimate of drug-likeness (QED) is 0.276. The monoisotopic (exact) mass is 723 g/mol. The topological polar surface area (TPSA) is 135 Å². The third-order valence-corrected chi connectivity index (χ3v) is 12.6. The molecule has 3 unspecified atom stereocenters. The number of morpholine rings is 3. The molecule has 18 heteroatoms. The van der Waals surface area contributed by atoms with Crippen LogP contribution in [0.5, 0.6) is 0 Å². The number of hydrogen-bond donors (Lipinski definition) is 1. The van der Waals surface area contributed by atoms with E-state index in [4.69, 9.17) is 27.8 Å². The van der Waals surface area contributed by atoms with Crippen molar-refractivity contribution in [3.05, 3.63) is 0 Å². The predicted molar refractivity (Wildman–Crippen MR) is 186 cm³/mol. The minimum atomic E-state index is -3.22. The number of hydrogen-bond acceptors (Lipinski definition) is 11. The first-order chi connectivity index (χ1) is 21.6. The van der Waals surface area contributed by atoms with Gasteiger partial charge in [0.25, 0.3) is 7.52 Å². The zero-order valence-electron chi connectivity index (χ0n) is 30.8. The van der Waals surface area contributed by atoms with Gasteiger partial charge in [-0.3, -0.25) is 9.13 Å². The zero-order chi connectivity index (χ0) is 35.5. The molecule has 0 aliphatic carbocycles. The molecule has 0 spiro atoms. The Hall–Kier alpha value is 0.0800. The Morgan fingerprint density at radius 3 is 1.91 bits per heavy atom. The predicted octanol–water partition coefficient (Wildman–Crippen LogP) is 3.76. The van der Waals surface area contributed by atoms with E-state index in [0.29, 0.717) is 32.8 Å². The molecular formula is C28H66N6O9P3+. The molecule has 276 valence electrons. The lowest BCUT2D eigenvalue weighted by Gasteiger charge is -2.40. The van der Waals surface area contributed by atoms with Gasteiger partial charge in [0.2, 0.25) is 0 Å². The molecule has 3 rings (SSSR count). The molecule has 3 aliphatic rings. The van der Waals surface area contributed by atoms with E-state index in [-0.39, 0.29) is 37.6 Å². The highest BCUT2D eigenvalue weighted by molar-refractivity contribution is 7.55. The molecule has 46 heavy (non-hydrogen) atoms. The van der Waals surface area contributed by atoms with Crippen LogP contribution in [0.4, 0.5) is 0 Å². The number of ether oxygens (including phenoxy) is 3. The molecule has 0 aromatic heterocycles. The fraction of sp³-hybridized carbons (Fsp3) is 1.00. The average Bonchev–Trinajstić information content (AvgIpc) is 3.03. The van der Waals surface area contributed by atoms with E-state index in [0.717, 1.165) is 26.2 Å². The summed E-state index contributed by atoms with van der Waals surface area (Å²) < 4.78 is 77.4. The van der Waals surface area contributed by atoms with Crippen LogP contribution < -0.4 is 5.32 Å². The van der Waals surface area contributed by atoms with Gasteiger partial charge in [0.15, 0.2) is 0 Å². The maximum absolute atomic E-state index is 13.6. The van der Waals surface area contributed by atoms with Gasteiger partial charge in [-0.15, -0.1) is 4.52 Å². The second kappa shape index (κ2) is 24.3. The first-order valence-corrected chi connectivity index (χ1v) is 21.0. The van der Waals surface area contributed by atoms with E-state index in [2.05, 4.69) is 10.2 Å². The second-order valence-corrected chi connectivity index (χ2v) is 18.2. The fourth-order valence-corrected chi connectivity index (χ4v) is 7.38. The average molecular weight is 724 g/mol. The lowest BCUT2D eigenvalue weighted by Crippen LogP contribution is -2.47. The van der Waals surface area contributed by atoms with E-state index < -0.39 is 23.4 Å². The Labute approximate surface area is 280 Å². The highest BCUT2D eigenvalue weighted by atomic mass is 31.2. The summed E-state index contributed by atoms with van der Waals surface area (Å²) in [5.74, 6) is 0. The van der Waals surface area contributed by atoms with E-state index in [1.54, 1.807) is 63.0 Å². The van der Waals surface area contributed by atoms with Crippen LogP contribution in [-0.2, 0) is 41.5 Å². The van der Waals surface area contributed by atoms with E-state index >= 15 is 0 Å². The van der Waals surface area contributed by atoms with Gasteiger partial charge in [0.05, 0.1) is 50.8 Å². The lowest BCUT2D eigenvalue weighted by molar-refractivity contribution is -0.0544. The third kappa shape index (κ3) is 17.1. The van der Waals surface area contributed by atoms with Crippen molar-refractivity contribution in [2.24, 2.45) is 0 Å². The molecule has 1 N–H and O–H groups in total. The van der Waals surface area contributed by atoms with Crippen LogP contribution in [0.3, 0.4) is 0 Å². The van der Waals surface area contributed by atoms with Crippen LogP contribution in [0.15, 0.2) is 0 Å². The number of nitrogens with zero attached hydrogens (tertiary/aromatic N) is 5. The van der Waals surface area contributed by atoms with Gasteiger partial charge >= 0.3 is 15.8 Å². The Bertz CT molecular complexity index is 922. The van der Waals surface area contributed by atoms with Crippen molar-refractivity contribution in [2.75, 3.05) is 128 Å². The maximum atomic E-state index is 13.6. The molecule has 0 saturated carbocycles. The number of rotatable bonds is 13. The highest BCUT2D eigenvalue weighted by Crippen LogP contribution is 2.53. The Morgan fingerprint density at radius 2 is 1.39 bits per heavy atom. The Balaban J connectivity index is 0.000000901. The SMILES string of the molecule is CC.CC.CN1CCO[C@H](COP(C)(=O)N(C)C)C1.C[C@H]1CNC[C@@H](COP(=O)(N(C)C)N2CCO[C@H](CO[P+](=O)N(C)C)C2)O1. The number of likely N-dealkylation sites (N-methyl/N-ethyl adjacent to an activating group) is 1. The minimum absolute atomic E-state index is 0.0389. The van der Waals surface area contributed by atoms with Crippen LogP contribution in [0.25, 0.3) is 0 Å². The van der Waals surface area contributed by atoms with Crippen LogP contribution in [-0.4, -0.2) is 176 Å². The fourth-order valence-electron chi connectivity index (χ4n) is 4.20. The zero-order valence-corrected chi connectivity index (χ0v) is 33.5. The van der Waals surface area contributed by atoms with Crippen molar-refractivity contribution in [1.82, 2.24) is 28.9 Å². The Kier molecular flexibility index (Phi) is 24.3. The summed E-state index contributed by atoms with van der Waals surface area (Å²) >= 11 is 0. The van der Waals surface area contributed by atoms with Crippen molar-refractivity contribution < 1.29 is 41.5 Å². The highest BCUT2D eigenvalue weighted by Gasteiger charge is 2.40. The maximum Gasteiger partial charge on any atom is 0.615 e. The molecule has 0 bridgehead atoms. The molecule has 3 saturated heterocycles. The van der Waals surface area contributed by atoms with Crippen LogP contribution in [0.1, 0.15) is 34.6 Å². The molecule has 0 aromatic rings. The molecule has 3 fully saturated rings. The van der Waals surface area contributed by atoms with Crippen molar-refractivity contribution in [2.45, 2.75) is 59.0 Å². The summed E-state index contributed by atoms with van der Waals surface area (Å²) in [6.07, 6.45) is -0.305. The van der Waals surface area contributed by atoms with Gasteiger partial charge in [-0.25, -0.2) is 14.0 Å². The van der Waals surface area contributed by atoms with E-state index in [9.17, 15) is 13.7 Å². The molecule has 3 aliphatic heterocycles. The normalized spacial score (nSPS) is 27.3. The van der Waals surface area contributed by atoms with Gasteiger partial charge in [-0.05, 0) is 46.7 Å². The summed E-state index contributed by atoms with van der Waals surface area (Å²) in [5, 5.41) is 3.28. The van der Waals surface area contributed by atoms with Gasteiger partial charge in [0.1, 0.15) is 6.61 Å². The van der Waals surface area contributed by atoms with Crippen molar-refractivity contribution in [3.63, 3.8) is 0 Å². The summed E-state index contributed by atoms with van der Waals surface area (Å²) in [4.78, 5) is 2.19. The molecule has 3 heterocycles. The van der Waals surface area contributed by atoms with Gasteiger partial charge in [-0.1, -0.05) is 32.4 Å². The summed E-state index contributed by atoms with van der Waals surface area (Å²) in [6.45, 7) is 17.7. The minimum Gasteiger partial charge on any atom is -0.373 e. The van der Waals surface area contributed by atoms with Crippen molar-refractivity contribution in [1.29, 1.82) is 0 Å². The van der Waals surface area contributed by atoms with Gasteiger partial charge in [0, 0.05) is 60.0 Å². The second-order valence-electron chi connectivity index (χ2n) is 11.3. The largest absolute Gasteiger partial charge is 0.615 e. The number of nitrogens with one attached hydrogen (secondary N) is 1. The van der Waals surface area contributed by atoms with E-state index in [1.165, 1.54) is 4.67 Å². The summed E-state index contributed by atoms with van der Waals surface area (Å²) in [7, 11) is 4.70.